The molecule has 0 bridgehead atoms. The first kappa shape index (κ1) is 19.2. The molecule has 0 unspecified atom stereocenters. The van der Waals surface area contributed by atoms with E-state index >= 15 is 0 Å². The monoisotopic (exact) mass is 409 g/mol. The highest BCUT2D eigenvalue weighted by Gasteiger charge is 2.26. The fourth-order valence-electron chi connectivity index (χ4n) is 3.61. The molecule has 0 radical (unpaired) electrons. The summed E-state index contributed by atoms with van der Waals surface area (Å²) in [7, 11) is 0. The fraction of sp³-hybridized carbons (Fsp3) is 0.238. The third-order valence-corrected chi connectivity index (χ3v) is 5.26. The lowest BCUT2D eigenvalue weighted by molar-refractivity contribution is -0.117. The van der Waals surface area contributed by atoms with Crippen molar-refractivity contribution in [3.8, 4) is 22.4 Å². The van der Waals surface area contributed by atoms with Crippen molar-refractivity contribution >= 4 is 23.1 Å². The zero-order valence-corrected chi connectivity index (χ0v) is 16.7. The lowest BCUT2D eigenvalue weighted by Gasteiger charge is -2.29. The first-order valence-electron chi connectivity index (χ1n) is 9.27. The number of amides is 1. The maximum absolute atomic E-state index is 13.5. The summed E-state index contributed by atoms with van der Waals surface area (Å²) in [5, 5.41) is 4.82. The van der Waals surface area contributed by atoms with E-state index in [0.717, 1.165) is 39.6 Å². The van der Waals surface area contributed by atoms with Crippen LogP contribution in [0.5, 0.6) is 0 Å². The molecule has 1 aliphatic rings. The van der Waals surface area contributed by atoms with Crippen molar-refractivity contribution in [3.05, 3.63) is 59.8 Å². The number of carbonyl (C=O) groups excluding carboxylic acids is 1. The molecular weight excluding hydrogens is 389 g/mol. The summed E-state index contributed by atoms with van der Waals surface area (Å²) in [5.74, 6) is -0.734. The van der Waals surface area contributed by atoms with E-state index in [4.69, 9.17) is 23.1 Å². The smallest absolute Gasteiger partial charge is 0.223 e. The predicted molar refractivity (Wildman–Crippen MR) is 112 cm³/mol. The highest BCUT2D eigenvalue weighted by atomic mass is 32.1. The summed E-state index contributed by atoms with van der Waals surface area (Å²) in [5.41, 5.74) is 10.4. The predicted octanol–water partition coefficient (Wildman–Crippen LogP) is 2.94. The largest absolute Gasteiger partial charge is 0.369 e. The average molecular weight is 409 g/mol. The minimum Gasteiger partial charge on any atom is -0.369 e. The zero-order chi connectivity index (χ0) is 20.5. The third-order valence-electron chi connectivity index (χ3n) is 5.00. The van der Waals surface area contributed by atoms with Crippen molar-refractivity contribution in [3.63, 3.8) is 0 Å². The Hall–Kier alpha value is -3.13. The van der Waals surface area contributed by atoms with Crippen LogP contribution in [0.3, 0.4) is 0 Å². The number of pyridine rings is 1. The van der Waals surface area contributed by atoms with Gasteiger partial charge in [-0.25, -0.2) is 4.39 Å². The number of benzene rings is 1. The van der Waals surface area contributed by atoms with Crippen LogP contribution >= 0.6 is 12.2 Å². The number of nitrogens with two attached hydrogens (primary N) is 1. The van der Waals surface area contributed by atoms with E-state index in [1.807, 2.05) is 23.7 Å². The van der Waals surface area contributed by atoms with Gasteiger partial charge in [0.05, 0.1) is 35.9 Å². The van der Waals surface area contributed by atoms with Gasteiger partial charge in [-0.15, -0.1) is 0 Å². The first-order valence-corrected chi connectivity index (χ1v) is 9.68. The number of thiocarbonyl (C=S) groups is 1. The fourth-order valence-corrected chi connectivity index (χ4v) is 3.76. The van der Waals surface area contributed by atoms with Crippen LogP contribution in [0.4, 0.5) is 4.39 Å². The SMILES string of the molecule is CC(=S)N1CCn2nc(-c3ccc(F)cc3)c(-c3ccnc(CC(N)=O)c3)c2C1. The topological polar surface area (TPSA) is 77.0 Å². The standard InChI is InChI=1S/C21H20FN5OS/c1-13(29)26-8-9-27-18(12-26)20(15-6-7-24-17(10-15)11-19(23)28)21(25-27)14-2-4-16(22)5-3-14/h2-7,10H,8-9,11-12H2,1H3,(H2,23,28). The molecule has 29 heavy (non-hydrogen) atoms. The summed E-state index contributed by atoms with van der Waals surface area (Å²) < 4.78 is 15.5. The highest BCUT2D eigenvalue weighted by Crippen LogP contribution is 2.36. The number of primary amides is 1. The average Bonchev–Trinajstić information content (AvgIpc) is 3.06. The summed E-state index contributed by atoms with van der Waals surface area (Å²) in [6, 6.07) is 10.0. The number of rotatable bonds is 4. The van der Waals surface area contributed by atoms with Gasteiger partial charge in [-0.1, -0.05) is 12.2 Å². The van der Waals surface area contributed by atoms with E-state index in [-0.39, 0.29) is 12.2 Å². The van der Waals surface area contributed by atoms with E-state index in [2.05, 4.69) is 9.88 Å². The molecule has 8 heteroatoms. The van der Waals surface area contributed by atoms with Crippen LogP contribution in [-0.4, -0.2) is 37.1 Å². The molecular formula is C21H20FN5OS. The van der Waals surface area contributed by atoms with E-state index in [9.17, 15) is 9.18 Å². The molecule has 0 fully saturated rings. The van der Waals surface area contributed by atoms with Crippen LogP contribution < -0.4 is 5.73 Å². The van der Waals surface area contributed by atoms with Crippen molar-refractivity contribution in [1.82, 2.24) is 19.7 Å². The van der Waals surface area contributed by atoms with E-state index in [1.165, 1.54) is 12.1 Å². The molecule has 2 aromatic heterocycles. The summed E-state index contributed by atoms with van der Waals surface area (Å²) >= 11 is 5.38. The maximum Gasteiger partial charge on any atom is 0.223 e. The summed E-state index contributed by atoms with van der Waals surface area (Å²) in [6.07, 6.45) is 1.73. The molecule has 3 heterocycles. The van der Waals surface area contributed by atoms with Gasteiger partial charge in [0.25, 0.3) is 0 Å². The van der Waals surface area contributed by atoms with Gasteiger partial charge in [-0.05, 0) is 48.9 Å². The van der Waals surface area contributed by atoms with Crippen LogP contribution in [0.2, 0.25) is 0 Å². The lowest BCUT2D eigenvalue weighted by Crippen LogP contribution is -2.36. The number of carbonyl (C=O) groups is 1. The Labute approximate surface area is 173 Å². The van der Waals surface area contributed by atoms with Gasteiger partial charge in [0.15, 0.2) is 0 Å². The van der Waals surface area contributed by atoms with Crippen molar-refractivity contribution in [2.24, 2.45) is 5.73 Å². The van der Waals surface area contributed by atoms with E-state index in [1.54, 1.807) is 18.3 Å². The van der Waals surface area contributed by atoms with Gasteiger partial charge in [-0.2, -0.15) is 5.10 Å². The van der Waals surface area contributed by atoms with Gasteiger partial charge in [0, 0.05) is 23.9 Å². The second kappa shape index (κ2) is 7.71. The molecule has 6 nitrogen and oxygen atoms in total. The van der Waals surface area contributed by atoms with Gasteiger partial charge in [0.2, 0.25) is 5.91 Å². The molecule has 0 aliphatic carbocycles. The van der Waals surface area contributed by atoms with Gasteiger partial charge < -0.3 is 10.6 Å². The number of fused-ring (bicyclic) bond motifs is 1. The Bertz CT molecular complexity index is 1090. The van der Waals surface area contributed by atoms with Crippen LogP contribution in [0.25, 0.3) is 22.4 Å². The molecule has 0 atom stereocenters. The minimum atomic E-state index is -0.437. The molecule has 1 aromatic carbocycles. The number of halogens is 1. The van der Waals surface area contributed by atoms with Crippen LogP contribution in [0, 0.1) is 5.82 Å². The molecule has 3 aromatic rings. The Balaban J connectivity index is 1.88. The van der Waals surface area contributed by atoms with E-state index in [0.29, 0.717) is 18.8 Å². The molecule has 148 valence electrons. The van der Waals surface area contributed by atoms with Crippen LogP contribution in [0.1, 0.15) is 18.3 Å². The van der Waals surface area contributed by atoms with Gasteiger partial charge >= 0.3 is 0 Å². The Morgan fingerprint density at radius 1 is 1.21 bits per heavy atom. The van der Waals surface area contributed by atoms with Gasteiger partial charge in [-0.3, -0.25) is 14.5 Å². The second-order valence-corrected chi connectivity index (χ2v) is 7.61. The maximum atomic E-state index is 13.5. The summed E-state index contributed by atoms with van der Waals surface area (Å²) in [4.78, 5) is 18.6. The molecule has 1 amide bonds. The van der Waals surface area contributed by atoms with Crippen LogP contribution in [0.15, 0.2) is 42.6 Å². The molecule has 2 N–H and O–H groups in total. The zero-order valence-electron chi connectivity index (χ0n) is 15.9. The normalized spacial score (nSPS) is 13.2. The third kappa shape index (κ3) is 3.88. The number of hydrogen-bond acceptors (Lipinski definition) is 4. The minimum absolute atomic E-state index is 0.0639. The lowest BCUT2D eigenvalue weighted by atomic mass is 9.98. The molecule has 0 saturated heterocycles. The summed E-state index contributed by atoms with van der Waals surface area (Å²) in [6.45, 7) is 4.04. The second-order valence-electron chi connectivity index (χ2n) is 7.02. The number of hydrogen-bond donors (Lipinski definition) is 1. The van der Waals surface area contributed by atoms with E-state index < -0.39 is 5.91 Å². The van der Waals surface area contributed by atoms with Crippen LogP contribution in [-0.2, 0) is 24.3 Å². The molecule has 1 aliphatic heterocycles. The van der Waals surface area contributed by atoms with Crippen molar-refractivity contribution in [2.45, 2.75) is 26.4 Å². The van der Waals surface area contributed by atoms with Gasteiger partial charge in [0.1, 0.15) is 11.5 Å². The Morgan fingerprint density at radius 3 is 2.66 bits per heavy atom. The first-order chi connectivity index (χ1) is 13.9. The number of aromatic nitrogens is 3. The molecule has 0 spiro atoms. The highest BCUT2D eigenvalue weighted by molar-refractivity contribution is 7.80. The molecule has 0 saturated carbocycles. The molecule has 4 rings (SSSR count). The Morgan fingerprint density at radius 2 is 1.97 bits per heavy atom. The van der Waals surface area contributed by atoms with Crippen molar-refractivity contribution in [2.75, 3.05) is 6.54 Å². The van der Waals surface area contributed by atoms with Crippen molar-refractivity contribution in [1.29, 1.82) is 0 Å². The quantitative estimate of drug-likeness (QED) is 0.671. The van der Waals surface area contributed by atoms with Crippen molar-refractivity contribution < 1.29 is 9.18 Å². The Kier molecular flexibility index (Phi) is 5.10. The number of nitrogens with zero attached hydrogens (tertiary/aromatic N) is 4.